The summed E-state index contributed by atoms with van der Waals surface area (Å²) in [5, 5.41) is 6.59. The molecule has 22 heavy (non-hydrogen) atoms. The molecule has 2 N–H and O–H groups in total. The van der Waals surface area contributed by atoms with Gasteiger partial charge in [0, 0.05) is 13.1 Å². The van der Waals surface area contributed by atoms with E-state index < -0.39 is 0 Å². The monoisotopic (exact) mass is 308 g/mol. The number of nitrogens with one attached hydrogen (secondary N) is 2. The third-order valence-corrected chi connectivity index (χ3v) is 3.47. The second kappa shape index (κ2) is 10.2. The Morgan fingerprint density at radius 1 is 1.18 bits per heavy atom. The van der Waals surface area contributed by atoms with E-state index in [1.54, 1.807) is 0 Å². The zero-order valence-electron chi connectivity index (χ0n) is 14.2. The van der Waals surface area contributed by atoms with Crippen LogP contribution < -0.4 is 10.6 Å². The standard InChI is InChI=1S/C17H29FN4/c1-5-7-12-20-17(19-6-2)21-13-16(22(3)4)14-8-10-15(18)11-9-14/h8-11,16H,5-7,12-13H2,1-4H3,(H2,19,20,21). The van der Waals surface area contributed by atoms with E-state index in [9.17, 15) is 4.39 Å². The summed E-state index contributed by atoms with van der Waals surface area (Å²) in [5.41, 5.74) is 1.07. The summed E-state index contributed by atoms with van der Waals surface area (Å²) in [5.74, 6) is 0.629. The third kappa shape index (κ3) is 6.43. The number of aliphatic imine (C=N–C) groups is 1. The molecule has 0 heterocycles. The highest BCUT2D eigenvalue weighted by molar-refractivity contribution is 5.79. The predicted octanol–water partition coefficient (Wildman–Crippen LogP) is 2.78. The van der Waals surface area contributed by atoms with E-state index in [1.807, 2.05) is 26.2 Å². The SMILES string of the molecule is CCCCNC(=NCC(c1ccc(F)cc1)N(C)C)NCC. The van der Waals surface area contributed by atoms with Crippen molar-refractivity contribution in [1.29, 1.82) is 0 Å². The van der Waals surface area contributed by atoms with Gasteiger partial charge in [-0.1, -0.05) is 25.5 Å². The van der Waals surface area contributed by atoms with Crippen molar-refractivity contribution in [2.75, 3.05) is 33.7 Å². The molecule has 0 bridgehead atoms. The number of hydrogen-bond donors (Lipinski definition) is 2. The molecule has 0 saturated heterocycles. The van der Waals surface area contributed by atoms with E-state index >= 15 is 0 Å². The lowest BCUT2D eigenvalue weighted by Crippen LogP contribution is -2.38. The Morgan fingerprint density at radius 2 is 1.86 bits per heavy atom. The Labute approximate surface area is 133 Å². The maximum Gasteiger partial charge on any atom is 0.191 e. The molecule has 1 aromatic rings. The topological polar surface area (TPSA) is 39.7 Å². The molecule has 0 spiro atoms. The third-order valence-electron chi connectivity index (χ3n) is 3.47. The van der Waals surface area contributed by atoms with Gasteiger partial charge in [0.25, 0.3) is 0 Å². The van der Waals surface area contributed by atoms with Gasteiger partial charge in [0.15, 0.2) is 5.96 Å². The Balaban J connectivity index is 2.74. The molecule has 1 rings (SSSR count). The number of rotatable bonds is 8. The summed E-state index contributed by atoms with van der Waals surface area (Å²) in [6.07, 6.45) is 2.28. The number of guanidine groups is 1. The van der Waals surface area contributed by atoms with Gasteiger partial charge < -0.3 is 15.5 Å². The molecule has 5 heteroatoms. The first-order valence-electron chi connectivity index (χ1n) is 8.02. The van der Waals surface area contributed by atoms with E-state index in [1.165, 1.54) is 12.1 Å². The number of halogens is 1. The molecular weight excluding hydrogens is 279 g/mol. The zero-order valence-corrected chi connectivity index (χ0v) is 14.2. The quantitative estimate of drug-likeness (QED) is 0.441. The summed E-state index contributed by atoms with van der Waals surface area (Å²) in [6, 6.07) is 6.78. The van der Waals surface area contributed by atoms with Gasteiger partial charge in [0.2, 0.25) is 0 Å². The van der Waals surface area contributed by atoms with Crippen molar-refractivity contribution < 1.29 is 4.39 Å². The van der Waals surface area contributed by atoms with E-state index in [0.29, 0.717) is 6.54 Å². The summed E-state index contributed by atoms with van der Waals surface area (Å²) in [7, 11) is 4.03. The van der Waals surface area contributed by atoms with Gasteiger partial charge in [-0.3, -0.25) is 4.99 Å². The summed E-state index contributed by atoms with van der Waals surface area (Å²) >= 11 is 0. The predicted molar refractivity (Wildman–Crippen MR) is 91.7 cm³/mol. The van der Waals surface area contributed by atoms with Crippen molar-refractivity contribution in [1.82, 2.24) is 15.5 Å². The molecule has 1 aromatic carbocycles. The number of benzene rings is 1. The average molecular weight is 308 g/mol. The molecule has 0 aliphatic heterocycles. The van der Waals surface area contributed by atoms with Crippen LogP contribution in [0.3, 0.4) is 0 Å². The van der Waals surface area contributed by atoms with Crippen LogP contribution in [0.15, 0.2) is 29.3 Å². The first kappa shape index (κ1) is 18.4. The number of likely N-dealkylation sites (N-methyl/N-ethyl adjacent to an activating group) is 1. The minimum absolute atomic E-state index is 0.127. The molecular formula is C17H29FN4. The van der Waals surface area contributed by atoms with Crippen molar-refractivity contribution in [2.45, 2.75) is 32.7 Å². The van der Waals surface area contributed by atoms with Gasteiger partial charge in [-0.15, -0.1) is 0 Å². The molecule has 1 unspecified atom stereocenters. The molecule has 0 saturated carbocycles. The molecule has 0 radical (unpaired) electrons. The van der Waals surface area contributed by atoms with Gasteiger partial charge in [-0.05, 0) is 45.1 Å². The molecule has 0 amide bonds. The van der Waals surface area contributed by atoms with Crippen LogP contribution in [0, 0.1) is 5.82 Å². The van der Waals surface area contributed by atoms with Crippen molar-refractivity contribution in [3.05, 3.63) is 35.6 Å². The van der Waals surface area contributed by atoms with E-state index in [4.69, 9.17) is 0 Å². The highest BCUT2D eigenvalue weighted by atomic mass is 19.1. The molecule has 4 nitrogen and oxygen atoms in total. The van der Waals surface area contributed by atoms with Gasteiger partial charge in [-0.2, -0.15) is 0 Å². The van der Waals surface area contributed by atoms with Gasteiger partial charge in [0.05, 0.1) is 12.6 Å². The van der Waals surface area contributed by atoms with E-state index in [0.717, 1.165) is 37.5 Å². The summed E-state index contributed by atoms with van der Waals surface area (Å²) in [6.45, 7) is 6.61. The Hall–Kier alpha value is -1.62. The van der Waals surface area contributed by atoms with Crippen LogP contribution in [-0.2, 0) is 0 Å². The lowest BCUT2D eigenvalue weighted by molar-refractivity contribution is 0.306. The van der Waals surface area contributed by atoms with Gasteiger partial charge in [-0.25, -0.2) is 4.39 Å². The number of nitrogens with zero attached hydrogens (tertiary/aromatic N) is 2. The highest BCUT2D eigenvalue weighted by Gasteiger charge is 2.14. The van der Waals surface area contributed by atoms with Crippen LogP contribution in [0.1, 0.15) is 38.3 Å². The van der Waals surface area contributed by atoms with Crippen molar-refractivity contribution in [3.63, 3.8) is 0 Å². The second-order valence-electron chi connectivity index (χ2n) is 5.53. The summed E-state index contributed by atoms with van der Waals surface area (Å²) in [4.78, 5) is 6.77. The van der Waals surface area contributed by atoms with E-state index in [-0.39, 0.29) is 11.9 Å². The molecule has 0 aromatic heterocycles. The van der Waals surface area contributed by atoms with Crippen molar-refractivity contribution in [3.8, 4) is 0 Å². The normalized spacial score (nSPS) is 13.3. The minimum atomic E-state index is -0.209. The molecule has 1 atom stereocenters. The number of unbranched alkanes of at least 4 members (excludes halogenated alkanes) is 1. The fraction of sp³-hybridized carbons (Fsp3) is 0.588. The lowest BCUT2D eigenvalue weighted by Gasteiger charge is -2.23. The second-order valence-corrected chi connectivity index (χ2v) is 5.53. The Kier molecular flexibility index (Phi) is 8.51. The van der Waals surface area contributed by atoms with Crippen molar-refractivity contribution >= 4 is 5.96 Å². The lowest BCUT2D eigenvalue weighted by atomic mass is 10.1. The maximum absolute atomic E-state index is 13.1. The highest BCUT2D eigenvalue weighted by Crippen LogP contribution is 2.18. The fourth-order valence-electron chi connectivity index (χ4n) is 2.15. The first-order valence-corrected chi connectivity index (χ1v) is 8.02. The Bertz CT molecular complexity index is 442. The first-order chi connectivity index (χ1) is 10.6. The average Bonchev–Trinajstić information content (AvgIpc) is 2.49. The fourth-order valence-corrected chi connectivity index (χ4v) is 2.15. The maximum atomic E-state index is 13.1. The van der Waals surface area contributed by atoms with Crippen LogP contribution in [0.4, 0.5) is 4.39 Å². The van der Waals surface area contributed by atoms with Crippen LogP contribution in [0.2, 0.25) is 0 Å². The minimum Gasteiger partial charge on any atom is -0.357 e. The van der Waals surface area contributed by atoms with Crippen LogP contribution in [-0.4, -0.2) is 44.6 Å². The molecule has 0 aliphatic rings. The van der Waals surface area contributed by atoms with Gasteiger partial charge in [0.1, 0.15) is 5.82 Å². The van der Waals surface area contributed by atoms with Crippen LogP contribution in [0.25, 0.3) is 0 Å². The molecule has 0 aliphatic carbocycles. The van der Waals surface area contributed by atoms with E-state index in [2.05, 4.69) is 34.4 Å². The Morgan fingerprint density at radius 3 is 2.41 bits per heavy atom. The molecule has 124 valence electrons. The largest absolute Gasteiger partial charge is 0.357 e. The van der Waals surface area contributed by atoms with Crippen molar-refractivity contribution in [2.24, 2.45) is 4.99 Å². The zero-order chi connectivity index (χ0) is 16.4. The summed E-state index contributed by atoms with van der Waals surface area (Å²) < 4.78 is 13.1. The smallest absolute Gasteiger partial charge is 0.191 e. The number of hydrogen-bond acceptors (Lipinski definition) is 2. The van der Waals surface area contributed by atoms with Crippen LogP contribution >= 0.6 is 0 Å². The molecule has 0 fully saturated rings. The van der Waals surface area contributed by atoms with Crippen LogP contribution in [0.5, 0.6) is 0 Å². The van der Waals surface area contributed by atoms with Gasteiger partial charge >= 0.3 is 0 Å².